The monoisotopic (exact) mass is 276 g/mol. The molecule has 1 saturated carbocycles. The van der Waals surface area contributed by atoms with Crippen LogP contribution in [0.4, 0.5) is 0 Å². The van der Waals surface area contributed by atoms with Crippen LogP contribution in [0.5, 0.6) is 0 Å². The van der Waals surface area contributed by atoms with Crippen LogP contribution < -0.4 is 11.1 Å². The number of primary amides is 1. The Labute approximate surface area is 117 Å². The van der Waals surface area contributed by atoms with Crippen LogP contribution >= 0.6 is 0 Å². The molecule has 1 saturated heterocycles. The van der Waals surface area contributed by atoms with E-state index in [2.05, 4.69) is 5.32 Å². The van der Waals surface area contributed by atoms with E-state index >= 15 is 0 Å². The SMILES string of the molecule is NC(=O)C1CNCCN1C(=O)c1cccn1C1CCC1. The van der Waals surface area contributed by atoms with Crippen LogP contribution in [-0.2, 0) is 4.79 Å². The van der Waals surface area contributed by atoms with Crippen LogP contribution in [0.3, 0.4) is 0 Å². The third-order valence-electron chi connectivity index (χ3n) is 4.30. The molecular weight excluding hydrogens is 256 g/mol. The molecule has 108 valence electrons. The van der Waals surface area contributed by atoms with E-state index in [1.807, 2.05) is 22.9 Å². The van der Waals surface area contributed by atoms with Gasteiger partial charge in [-0.25, -0.2) is 0 Å². The molecule has 6 heteroatoms. The molecule has 0 aromatic carbocycles. The topological polar surface area (TPSA) is 80.4 Å². The number of carbonyl (C=O) groups excluding carboxylic acids is 2. The third-order valence-corrected chi connectivity index (χ3v) is 4.30. The summed E-state index contributed by atoms with van der Waals surface area (Å²) in [4.78, 5) is 25.8. The number of amides is 2. The van der Waals surface area contributed by atoms with E-state index in [-0.39, 0.29) is 5.91 Å². The number of nitrogens with zero attached hydrogens (tertiary/aromatic N) is 2. The van der Waals surface area contributed by atoms with Gasteiger partial charge in [-0.2, -0.15) is 0 Å². The second-order valence-electron chi connectivity index (χ2n) is 5.51. The summed E-state index contributed by atoms with van der Waals surface area (Å²) < 4.78 is 2.05. The minimum absolute atomic E-state index is 0.0906. The molecular formula is C14H20N4O2. The van der Waals surface area contributed by atoms with Gasteiger partial charge in [0.25, 0.3) is 5.91 Å². The van der Waals surface area contributed by atoms with Crippen molar-refractivity contribution in [2.75, 3.05) is 19.6 Å². The van der Waals surface area contributed by atoms with Gasteiger partial charge in [0.15, 0.2) is 0 Å². The van der Waals surface area contributed by atoms with E-state index in [1.54, 1.807) is 4.90 Å². The molecule has 1 atom stereocenters. The fourth-order valence-electron chi connectivity index (χ4n) is 2.91. The van der Waals surface area contributed by atoms with Gasteiger partial charge >= 0.3 is 0 Å². The molecule has 3 rings (SSSR count). The maximum Gasteiger partial charge on any atom is 0.271 e. The number of aromatic nitrogens is 1. The Morgan fingerprint density at radius 2 is 2.15 bits per heavy atom. The second kappa shape index (κ2) is 5.28. The van der Waals surface area contributed by atoms with Gasteiger partial charge < -0.3 is 20.5 Å². The van der Waals surface area contributed by atoms with Crippen molar-refractivity contribution in [3.05, 3.63) is 24.0 Å². The van der Waals surface area contributed by atoms with E-state index in [4.69, 9.17) is 5.73 Å². The predicted molar refractivity (Wildman–Crippen MR) is 74.2 cm³/mol. The second-order valence-corrected chi connectivity index (χ2v) is 5.51. The van der Waals surface area contributed by atoms with Crippen LogP contribution in [0.2, 0.25) is 0 Å². The lowest BCUT2D eigenvalue weighted by molar-refractivity contribution is -0.122. The molecule has 1 unspecified atom stereocenters. The molecule has 2 aliphatic rings. The summed E-state index contributed by atoms with van der Waals surface area (Å²) in [6, 6.07) is 3.60. The Bertz CT molecular complexity index is 521. The minimum atomic E-state index is -0.555. The minimum Gasteiger partial charge on any atom is -0.368 e. The summed E-state index contributed by atoms with van der Waals surface area (Å²) in [6.45, 7) is 1.65. The number of hydrogen-bond donors (Lipinski definition) is 2. The maximum absolute atomic E-state index is 12.7. The average Bonchev–Trinajstić information content (AvgIpc) is 2.85. The summed E-state index contributed by atoms with van der Waals surface area (Å²) in [5, 5.41) is 3.10. The molecule has 6 nitrogen and oxygen atoms in total. The molecule has 1 aromatic rings. The van der Waals surface area contributed by atoms with Crippen molar-refractivity contribution in [3.63, 3.8) is 0 Å². The average molecular weight is 276 g/mol. The highest BCUT2D eigenvalue weighted by molar-refractivity contribution is 5.96. The van der Waals surface area contributed by atoms with E-state index in [0.29, 0.717) is 31.4 Å². The van der Waals surface area contributed by atoms with Gasteiger partial charge in [0.05, 0.1) is 0 Å². The first-order chi connectivity index (χ1) is 9.68. The van der Waals surface area contributed by atoms with Gasteiger partial charge in [-0.3, -0.25) is 9.59 Å². The number of hydrogen-bond acceptors (Lipinski definition) is 3. The Balaban J connectivity index is 1.83. The highest BCUT2D eigenvalue weighted by atomic mass is 16.2. The molecule has 0 spiro atoms. The van der Waals surface area contributed by atoms with Crippen LogP contribution in [0.1, 0.15) is 35.8 Å². The molecule has 0 radical (unpaired) electrons. The Hall–Kier alpha value is -1.82. The van der Waals surface area contributed by atoms with Crippen molar-refractivity contribution in [2.45, 2.75) is 31.3 Å². The summed E-state index contributed by atoms with van der Waals surface area (Å²) in [6.07, 6.45) is 5.41. The van der Waals surface area contributed by atoms with Crippen LogP contribution in [0.15, 0.2) is 18.3 Å². The lowest BCUT2D eigenvalue weighted by Gasteiger charge is -2.35. The zero-order valence-electron chi connectivity index (χ0n) is 11.4. The lowest BCUT2D eigenvalue weighted by Crippen LogP contribution is -2.59. The largest absolute Gasteiger partial charge is 0.368 e. The van der Waals surface area contributed by atoms with Gasteiger partial charge in [-0.05, 0) is 31.4 Å². The van der Waals surface area contributed by atoms with Gasteiger partial charge in [-0.1, -0.05) is 0 Å². The summed E-state index contributed by atoms with van der Waals surface area (Å²) in [7, 11) is 0. The summed E-state index contributed by atoms with van der Waals surface area (Å²) in [5.41, 5.74) is 6.07. The lowest BCUT2D eigenvalue weighted by atomic mass is 9.92. The molecule has 2 fully saturated rings. The van der Waals surface area contributed by atoms with E-state index in [1.165, 1.54) is 6.42 Å². The van der Waals surface area contributed by atoms with Crippen LogP contribution in [0.25, 0.3) is 0 Å². The number of nitrogens with one attached hydrogen (secondary N) is 1. The molecule has 3 N–H and O–H groups in total. The standard InChI is InChI=1S/C14H20N4O2/c15-13(19)12-9-16-6-8-18(12)14(20)11-5-2-7-17(11)10-3-1-4-10/h2,5,7,10,12,16H,1,3-4,6,8-9H2,(H2,15,19). The normalized spacial score (nSPS) is 23.4. The first kappa shape index (κ1) is 13.2. The maximum atomic E-state index is 12.7. The van der Waals surface area contributed by atoms with Gasteiger partial charge in [-0.15, -0.1) is 0 Å². The fraction of sp³-hybridized carbons (Fsp3) is 0.571. The van der Waals surface area contributed by atoms with Gasteiger partial charge in [0.2, 0.25) is 5.91 Å². The predicted octanol–water partition coefficient (Wildman–Crippen LogP) is 0.112. The van der Waals surface area contributed by atoms with E-state index in [0.717, 1.165) is 12.8 Å². The molecule has 20 heavy (non-hydrogen) atoms. The van der Waals surface area contributed by atoms with E-state index in [9.17, 15) is 9.59 Å². The zero-order chi connectivity index (χ0) is 14.1. The summed E-state index contributed by atoms with van der Waals surface area (Å²) in [5.74, 6) is -0.542. The van der Waals surface area contributed by atoms with Crippen molar-refractivity contribution in [1.82, 2.24) is 14.8 Å². The van der Waals surface area contributed by atoms with Crippen molar-refractivity contribution in [1.29, 1.82) is 0 Å². The van der Waals surface area contributed by atoms with Crippen LogP contribution in [-0.4, -0.2) is 47.0 Å². The van der Waals surface area contributed by atoms with E-state index < -0.39 is 11.9 Å². The van der Waals surface area contributed by atoms with Crippen LogP contribution in [0, 0.1) is 0 Å². The zero-order valence-corrected chi connectivity index (χ0v) is 11.4. The van der Waals surface area contributed by atoms with Gasteiger partial charge in [0, 0.05) is 31.9 Å². The number of rotatable bonds is 3. The molecule has 2 amide bonds. The molecule has 0 bridgehead atoms. The van der Waals surface area contributed by atoms with Crippen molar-refractivity contribution in [2.24, 2.45) is 5.73 Å². The van der Waals surface area contributed by atoms with Crippen molar-refractivity contribution >= 4 is 11.8 Å². The first-order valence-electron chi connectivity index (χ1n) is 7.16. The highest BCUT2D eigenvalue weighted by Crippen LogP contribution is 2.33. The van der Waals surface area contributed by atoms with Gasteiger partial charge in [0.1, 0.15) is 11.7 Å². The Kier molecular flexibility index (Phi) is 3.48. The number of nitrogens with two attached hydrogens (primary N) is 1. The Morgan fingerprint density at radius 3 is 2.80 bits per heavy atom. The fourth-order valence-corrected chi connectivity index (χ4v) is 2.91. The van der Waals surface area contributed by atoms with Crippen molar-refractivity contribution in [3.8, 4) is 0 Å². The Morgan fingerprint density at radius 1 is 1.35 bits per heavy atom. The molecule has 1 aliphatic carbocycles. The number of carbonyl (C=O) groups is 2. The summed E-state index contributed by atoms with van der Waals surface area (Å²) >= 11 is 0. The molecule has 1 aromatic heterocycles. The quantitative estimate of drug-likeness (QED) is 0.822. The smallest absolute Gasteiger partial charge is 0.271 e. The molecule has 1 aliphatic heterocycles. The molecule has 2 heterocycles. The highest BCUT2D eigenvalue weighted by Gasteiger charge is 2.33. The number of piperazine rings is 1. The van der Waals surface area contributed by atoms with Crippen molar-refractivity contribution < 1.29 is 9.59 Å². The third kappa shape index (κ3) is 2.20. The first-order valence-corrected chi connectivity index (χ1v) is 7.16.